The molecule has 0 aliphatic heterocycles. The van der Waals surface area contributed by atoms with Crippen molar-refractivity contribution in [2.24, 2.45) is 23.7 Å². The van der Waals surface area contributed by atoms with Gasteiger partial charge in [0.2, 0.25) is 0 Å². The molecule has 0 aromatic heterocycles. The average Bonchev–Trinajstić information content (AvgIpc) is 2.56. The van der Waals surface area contributed by atoms with Crippen LogP contribution in [0.5, 0.6) is 0 Å². The molecule has 0 bridgehead atoms. The van der Waals surface area contributed by atoms with Gasteiger partial charge in [0.1, 0.15) is 0 Å². The van der Waals surface area contributed by atoms with Gasteiger partial charge >= 0.3 is 0 Å². The Balaban J connectivity index is 1.35. The maximum absolute atomic E-state index is 1.93. The Bertz CT molecular complexity index is 428. The molecule has 0 N–H and O–H groups in total. The quantitative estimate of drug-likeness (QED) is 0.443. The fourth-order valence-corrected chi connectivity index (χ4v) is 6.86. The second-order valence-electron chi connectivity index (χ2n) is 9.16. The molecule has 0 saturated heterocycles. The highest BCUT2D eigenvalue weighted by atomic mass is 14.5. The minimum Gasteiger partial charge on any atom is -0.0707 e. The highest BCUT2D eigenvalue weighted by Crippen LogP contribution is 2.54. The summed E-state index contributed by atoms with van der Waals surface area (Å²) in [5.41, 5.74) is 7.72. The van der Waals surface area contributed by atoms with E-state index in [1.807, 2.05) is 22.3 Å². The number of fused-ring (bicyclic) bond motifs is 2. The van der Waals surface area contributed by atoms with Crippen molar-refractivity contribution in [3.63, 3.8) is 0 Å². The molecule has 1 fully saturated rings. The molecule has 5 rings (SSSR count). The summed E-state index contributed by atoms with van der Waals surface area (Å²) in [6.45, 7) is 0. The van der Waals surface area contributed by atoms with Gasteiger partial charge in [-0.2, -0.15) is 0 Å². The summed E-state index contributed by atoms with van der Waals surface area (Å²) in [5, 5.41) is 0. The largest absolute Gasteiger partial charge is 0.0707 e. The molecule has 22 heavy (non-hydrogen) atoms. The molecule has 0 spiro atoms. The number of hydrogen-bond donors (Lipinski definition) is 0. The Kier molecular flexibility index (Phi) is 3.49. The summed E-state index contributed by atoms with van der Waals surface area (Å²) in [6.07, 6.45) is 21.0. The smallest absolute Gasteiger partial charge is 0.0286 e. The fourth-order valence-electron chi connectivity index (χ4n) is 6.86. The molecule has 0 amide bonds. The van der Waals surface area contributed by atoms with Crippen LogP contribution >= 0.6 is 0 Å². The van der Waals surface area contributed by atoms with Crippen molar-refractivity contribution < 1.29 is 0 Å². The predicted molar refractivity (Wildman–Crippen MR) is 92.7 cm³/mol. The molecule has 1 saturated carbocycles. The number of rotatable bonds is 0. The van der Waals surface area contributed by atoms with Crippen molar-refractivity contribution in [3.05, 3.63) is 22.3 Å². The summed E-state index contributed by atoms with van der Waals surface area (Å²) in [4.78, 5) is 0. The zero-order chi connectivity index (χ0) is 14.5. The fraction of sp³-hybridized carbons (Fsp3) is 0.818. The monoisotopic (exact) mass is 296 g/mol. The summed E-state index contributed by atoms with van der Waals surface area (Å²) in [6, 6.07) is 0. The predicted octanol–water partition coefficient (Wildman–Crippen LogP) is 6.57. The van der Waals surface area contributed by atoms with Crippen molar-refractivity contribution in [2.45, 2.75) is 89.9 Å². The Morgan fingerprint density at radius 3 is 0.955 bits per heavy atom. The standard InChI is InChI=1S/C22H32/c1-2-6-16-10-20-14-22-12-18-8-4-3-7-17(18)11-21(22)13-19(20)9-15(16)5-1/h19-22H,1-14H2. The van der Waals surface area contributed by atoms with Crippen molar-refractivity contribution in [3.8, 4) is 0 Å². The molecule has 0 heteroatoms. The van der Waals surface area contributed by atoms with Crippen LogP contribution < -0.4 is 0 Å². The van der Waals surface area contributed by atoms with E-state index < -0.39 is 0 Å². The van der Waals surface area contributed by atoms with E-state index in [0.717, 1.165) is 23.7 Å². The zero-order valence-corrected chi connectivity index (χ0v) is 14.2. The van der Waals surface area contributed by atoms with Gasteiger partial charge < -0.3 is 0 Å². The van der Waals surface area contributed by atoms with Gasteiger partial charge in [-0.15, -0.1) is 0 Å². The lowest BCUT2D eigenvalue weighted by molar-refractivity contribution is 0.0912. The van der Waals surface area contributed by atoms with E-state index in [9.17, 15) is 0 Å². The minimum absolute atomic E-state index is 1.07. The summed E-state index contributed by atoms with van der Waals surface area (Å²) in [5.74, 6) is 4.29. The van der Waals surface area contributed by atoms with Crippen molar-refractivity contribution in [2.75, 3.05) is 0 Å². The first-order valence-corrected chi connectivity index (χ1v) is 10.3. The highest BCUT2D eigenvalue weighted by Gasteiger charge is 2.42. The maximum atomic E-state index is 1.93. The van der Waals surface area contributed by atoms with E-state index in [4.69, 9.17) is 0 Å². The van der Waals surface area contributed by atoms with Crippen molar-refractivity contribution in [1.29, 1.82) is 0 Å². The first-order chi connectivity index (χ1) is 10.9. The molecule has 4 atom stereocenters. The average molecular weight is 296 g/mol. The van der Waals surface area contributed by atoms with E-state index in [1.54, 1.807) is 12.8 Å². The van der Waals surface area contributed by atoms with Crippen molar-refractivity contribution in [1.82, 2.24) is 0 Å². The maximum Gasteiger partial charge on any atom is -0.0286 e. The van der Waals surface area contributed by atoms with Gasteiger partial charge in [-0.25, -0.2) is 0 Å². The van der Waals surface area contributed by atoms with Crippen LogP contribution in [-0.4, -0.2) is 0 Å². The molecule has 4 unspecified atom stereocenters. The van der Waals surface area contributed by atoms with Crippen LogP contribution in [0.1, 0.15) is 89.9 Å². The highest BCUT2D eigenvalue weighted by molar-refractivity contribution is 5.25. The van der Waals surface area contributed by atoms with Gasteiger partial charge in [-0.05, 0) is 114 Å². The van der Waals surface area contributed by atoms with Crippen LogP contribution in [-0.2, 0) is 0 Å². The third kappa shape index (κ3) is 2.33. The summed E-state index contributed by atoms with van der Waals surface area (Å²) < 4.78 is 0. The van der Waals surface area contributed by atoms with E-state index in [2.05, 4.69) is 0 Å². The van der Waals surface area contributed by atoms with Crippen LogP contribution in [0.25, 0.3) is 0 Å². The van der Waals surface area contributed by atoms with Gasteiger partial charge in [0, 0.05) is 0 Å². The lowest BCUT2D eigenvalue weighted by atomic mass is 9.57. The Morgan fingerprint density at radius 1 is 0.409 bits per heavy atom. The molecule has 0 nitrogen and oxygen atoms in total. The molecule has 120 valence electrons. The van der Waals surface area contributed by atoms with Crippen LogP contribution in [0.4, 0.5) is 0 Å². The van der Waals surface area contributed by atoms with Crippen LogP contribution in [0.15, 0.2) is 22.3 Å². The van der Waals surface area contributed by atoms with E-state index >= 15 is 0 Å². The molecule has 0 aromatic rings. The molecular weight excluding hydrogens is 264 g/mol. The van der Waals surface area contributed by atoms with Gasteiger partial charge in [-0.1, -0.05) is 22.3 Å². The third-order valence-corrected chi connectivity index (χ3v) is 7.99. The van der Waals surface area contributed by atoms with Crippen LogP contribution in [0.3, 0.4) is 0 Å². The molecule has 0 radical (unpaired) electrons. The molecule has 0 aromatic carbocycles. The normalized spacial score (nSPS) is 41.5. The molecule has 5 aliphatic rings. The third-order valence-electron chi connectivity index (χ3n) is 7.99. The Hall–Kier alpha value is -0.520. The first kappa shape index (κ1) is 13.9. The van der Waals surface area contributed by atoms with E-state index in [1.165, 1.54) is 77.0 Å². The second kappa shape index (κ2) is 5.53. The van der Waals surface area contributed by atoms with Gasteiger partial charge in [0.15, 0.2) is 0 Å². The Labute approximate surface area is 136 Å². The van der Waals surface area contributed by atoms with E-state index in [-0.39, 0.29) is 0 Å². The van der Waals surface area contributed by atoms with Gasteiger partial charge in [-0.3, -0.25) is 0 Å². The summed E-state index contributed by atoms with van der Waals surface area (Å²) in [7, 11) is 0. The number of hydrogen-bond acceptors (Lipinski definition) is 0. The zero-order valence-electron chi connectivity index (χ0n) is 14.2. The van der Waals surface area contributed by atoms with Crippen molar-refractivity contribution >= 4 is 0 Å². The lowest BCUT2D eigenvalue weighted by Crippen LogP contribution is -2.37. The minimum atomic E-state index is 1.07. The topological polar surface area (TPSA) is 0 Å². The van der Waals surface area contributed by atoms with Gasteiger partial charge in [0.25, 0.3) is 0 Å². The lowest BCUT2D eigenvalue weighted by Gasteiger charge is -2.49. The summed E-state index contributed by atoms with van der Waals surface area (Å²) >= 11 is 0. The van der Waals surface area contributed by atoms with Gasteiger partial charge in [0.05, 0.1) is 0 Å². The molecule has 0 heterocycles. The van der Waals surface area contributed by atoms with E-state index in [0.29, 0.717) is 0 Å². The van der Waals surface area contributed by atoms with Crippen LogP contribution in [0.2, 0.25) is 0 Å². The van der Waals surface area contributed by atoms with Crippen LogP contribution in [0, 0.1) is 23.7 Å². The Morgan fingerprint density at radius 2 is 0.682 bits per heavy atom. The SMILES string of the molecule is C1CCC2=C(C1)CC1CC3CC4=C(CCCC4)CC3CC1C2. The first-order valence-electron chi connectivity index (χ1n) is 10.3. The second-order valence-corrected chi connectivity index (χ2v) is 9.16. The molecule has 5 aliphatic carbocycles. The number of allylic oxidation sites excluding steroid dienone is 4. The molecular formula is C22H32.